The number of nitrogens with zero attached hydrogens (tertiary/aromatic N) is 3. The number of likely N-dealkylation sites (tertiary alicyclic amines) is 1. The van der Waals surface area contributed by atoms with E-state index >= 15 is 0 Å². The van der Waals surface area contributed by atoms with Crippen LogP contribution in [-0.2, 0) is 4.74 Å². The maximum absolute atomic E-state index is 6.07. The molecular formula is C18H32N4O. The number of hydrogen-bond acceptors (Lipinski definition) is 3. The molecule has 130 valence electrons. The normalized spacial score (nSPS) is 34.3. The third kappa shape index (κ3) is 3.22. The van der Waals surface area contributed by atoms with Gasteiger partial charge in [-0.1, -0.05) is 12.8 Å². The van der Waals surface area contributed by atoms with E-state index in [1.807, 2.05) is 7.05 Å². The maximum Gasteiger partial charge on any atom is 0.193 e. The molecule has 2 atom stereocenters. The summed E-state index contributed by atoms with van der Waals surface area (Å²) in [5.74, 6) is 1.08. The third-order valence-corrected chi connectivity index (χ3v) is 6.56. The molecule has 1 spiro atoms. The first-order valence-corrected chi connectivity index (χ1v) is 9.59. The fraction of sp³-hybridized carbons (Fsp3) is 0.944. The van der Waals surface area contributed by atoms with E-state index in [1.54, 1.807) is 0 Å². The van der Waals surface area contributed by atoms with Crippen LogP contribution in [0, 0.1) is 5.41 Å². The Bertz CT molecular complexity index is 446. The van der Waals surface area contributed by atoms with Crippen LogP contribution in [0.2, 0.25) is 0 Å². The van der Waals surface area contributed by atoms with Gasteiger partial charge in [-0.3, -0.25) is 9.89 Å². The van der Waals surface area contributed by atoms with Crippen LogP contribution in [-0.4, -0.2) is 74.3 Å². The lowest BCUT2D eigenvalue weighted by molar-refractivity contribution is -0.0454. The SMILES string of the molecule is CN=C(NCC1CN2CCCC2CO1)N1CCC2(CCCC2)C1. The summed E-state index contributed by atoms with van der Waals surface area (Å²) in [6, 6.07) is 0.686. The molecule has 0 amide bonds. The van der Waals surface area contributed by atoms with Gasteiger partial charge < -0.3 is 15.0 Å². The van der Waals surface area contributed by atoms with E-state index in [1.165, 1.54) is 64.6 Å². The van der Waals surface area contributed by atoms with Crippen LogP contribution in [0.5, 0.6) is 0 Å². The monoisotopic (exact) mass is 320 g/mol. The number of nitrogens with one attached hydrogen (secondary N) is 1. The highest BCUT2D eigenvalue weighted by atomic mass is 16.5. The van der Waals surface area contributed by atoms with E-state index in [2.05, 4.69) is 20.1 Å². The van der Waals surface area contributed by atoms with Crippen molar-refractivity contribution in [2.24, 2.45) is 10.4 Å². The fourth-order valence-electron chi connectivity index (χ4n) is 5.20. The average molecular weight is 320 g/mol. The molecule has 0 aromatic carbocycles. The van der Waals surface area contributed by atoms with Gasteiger partial charge in [-0.2, -0.15) is 0 Å². The van der Waals surface area contributed by atoms with Crippen LogP contribution in [0.4, 0.5) is 0 Å². The van der Waals surface area contributed by atoms with Crippen molar-refractivity contribution in [2.45, 2.75) is 57.1 Å². The Morgan fingerprint density at radius 3 is 2.91 bits per heavy atom. The highest BCUT2D eigenvalue weighted by Crippen LogP contribution is 2.45. The molecular weight excluding hydrogens is 288 g/mol. The van der Waals surface area contributed by atoms with Gasteiger partial charge in [-0.05, 0) is 44.1 Å². The van der Waals surface area contributed by atoms with E-state index in [-0.39, 0.29) is 0 Å². The number of fused-ring (bicyclic) bond motifs is 1. The maximum atomic E-state index is 6.07. The van der Waals surface area contributed by atoms with Gasteiger partial charge in [0.1, 0.15) is 0 Å². The molecule has 2 unspecified atom stereocenters. The van der Waals surface area contributed by atoms with Crippen molar-refractivity contribution >= 4 is 5.96 Å². The summed E-state index contributed by atoms with van der Waals surface area (Å²) in [5, 5.41) is 3.59. The summed E-state index contributed by atoms with van der Waals surface area (Å²) in [4.78, 5) is 9.63. The molecule has 1 aliphatic carbocycles. The Hall–Kier alpha value is -0.810. The molecule has 23 heavy (non-hydrogen) atoms. The third-order valence-electron chi connectivity index (χ3n) is 6.56. The molecule has 3 aliphatic heterocycles. The molecule has 4 fully saturated rings. The summed E-state index contributed by atoms with van der Waals surface area (Å²) in [5.41, 5.74) is 0.599. The largest absolute Gasteiger partial charge is 0.373 e. The Balaban J connectivity index is 1.28. The minimum Gasteiger partial charge on any atom is -0.373 e. The van der Waals surface area contributed by atoms with Crippen LogP contribution in [0.3, 0.4) is 0 Å². The molecule has 1 N–H and O–H groups in total. The highest BCUT2D eigenvalue weighted by molar-refractivity contribution is 5.80. The lowest BCUT2D eigenvalue weighted by Gasteiger charge is -2.36. The summed E-state index contributed by atoms with van der Waals surface area (Å²) in [6.07, 6.45) is 10.0. The Kier molecular flexibility index (Phi) is 4.50. The van der Waals surface area contributed by atoms with Gasteiger partial charge in [0.15, 0.2) is 5.96 Å². The van der Waals surface area contributed by atoms with E-state index < -0.39 is 0 Å². The van der Waals surface area contributed by atoms with Crippen molar-refractivity contribution < 1.29 is 4.74 Å². The fourth-order valence-corrected chi connectivity index (χ4v) is 5.20. The summed E-state index contributed by atoms with van der Waals surface area (Å²) < 4.78 is 6.07. The number of rotatable bonds is 2. The van der Waals surface area contributed by atoms with Crippen LogP contribution in [0.1, 0.15) is 44.9 Å². The minimum atomic E-state index is 0.309. The number of guanidine groups is 1. The number of hydrogen-bond donors (Lipinski definition) is 1. The quantitative estimate of drug-likeness (QED) is 0.621. The molecule has 4 rings (SSSR count). The molecule has 0 aromatic heterocycles. The molecule has 4 aliphatic rings. The second kappa shape index (κ2) is 6.60. The number of ether oxygens (including phenoxy) is 1. The second-order valence-corrected chi connectivity index (χ2v) is 8.05. The summed E-state index contributed by atoms with van der Waals surface area (Å²) in [7, 11) is 1.92. The zero-order valence-corrected chi connectivity index (χ0v) is 14.6. The smallest absolute Gasteiger partial charge is 0.193 e. The molecule has 0 radical (unpaired) electrons. The van der Waals surface area contributed by atoms with E-state index in [0.29, 0.717) is 17.6 Å². The van der Waals surface area contributed by atoms with Crippen LogP contribution in [0.15, 0.2) is 4.99 Å². The molecule has 5 heteroatoms. The predicted octanol–water partition coefficient (Wildman–Crippen LogP) is 1.69. The van der Waals surface area contributed by atoms with Crippen LogP contribution < -0.4 is 5.32 Å². The Morgan fingerprint density at radius 2 is 2.09 bits per heavy atom. The predicted molar refractivity (Wildman–Crippen MR) is 92.8 cm³/mol. The van der Waals surface area contributed by atoms with Gasteiger partial charge >= 0.3 is 0 Å². The van der Waals surface area contributed by atoms with Gasteiger partial charge in [0.2, 0.25) is 0 Å². The summed E-state index contributed by atoms with van der Waals surface area (Å²) >= 11 is 0. The standard InChI is InChI=1S/C18H32N4O/c1-19-17(22-10-8-18(14-22)6-2-3-7-18)20-11-16-12-21-9-4-5-15(21)13-23-16/h15-16H,2-14H2,1H3,(H,19,20). The summed E-state index contributed by atoms with van der Waals surface area (Å²) in [6.45, 7) is 6.51. The number of aliphatic imine (C=N–C) groups is 1. The van der Waals surface area contributed by atoms with Gasteiger partial charge in [0.25, 0.3) is 0 Å². The van der Waals surface area contributed by atoms with Crippen LogP contribution in [0.25, 0.3) is 0 Å². The molecule has 3 saturated heterocycles. The zero-order chi connectivity index (χ0) is 15.7. The topological polar surface area (TPSA) is 40.1 Å². The Morgan fingerprint density at radius 1 is 1.22 bits per heavy atom. The first-order chi connectivity index (χ1) is 11.3. The first-order valence-electron chi connectivity index (χ1n) is 9.59. The second-order valence-electron chi connectivity index (χ2n) is 8.05. The molecule has 0 bridgehead atoms. The zero-order valence-electron chi connectivity index (χ0n) is 14.6. The molecule has 3 heterocycles. The minimum absolute atomic E-state index is 0.309. The van der Waals surface area contributed by atoms with Crippen LogP contribution >= 0.6 is 0 Å². The van der Waals surface area contributed by atoms with Crippen molar-refractivity contribution in [3.05, 3.63) is 0 Å². The van der Waals surface area contributed by atoms with Gasteiger partial charge in [-0.15, -0.1) is 0 Å². The average Bonchev–Trinajstić information content (AvgIpc) is 3.30. The van der Waals surface area contributed by atoms with Gasteiger partial charge in [0.05, 0.1) is 12.7 Å². The van der Waals surface area contributed by atoms with E-state index in [0.717, 1.165) is 25.7 Å². The first kappa shape index (κ1) is 15.7. The van der Waals surface area contributed by atoms with Gasteiger partial charge in [0, 0.05) is 39.3 Å². The van der Waals surface area contributed by atoms with Gasteiger partial charge in [-0.25, -0.2) is 0 Å². The van der Waals surface area contributed by atoms with Crippen molar-refractivity contribution in [3.8, 4) is 0 Å². The Labute approximate surface area is 140 Å². The van der Waals surface area contributed by atoms with E-state index in [9.17, 15) is 0 Å². The highest BCUT2D eigenvalue weighted by Gasteiger charge is 2.41. The number of morpholine rings is 1. The van der Waals surface area contributed by atoms with Crippen molar-refractivity contribution in [3.63, 3.8) is 0 Å². The lowest BCUT2D eigenvalue weighted by atomic mass is 9.86. The van der Waals surface area contributed by atoms with Crippen molar-refractivity contribution in [1.82, 2.24) is 15.1 Å². The molecule has 0 aromatic rings. The molecule has 1 saturated carbocycles. The van der Waals surface area contributed by atoms with Crippen molar-refractivity contribution in [1.29, 1.82) is 0 Å². The molecule has 5 nitrogen and oxygen atoms in total. The van der Waals surface area contributed by atoms with Crippen molar-refractivity contribution in [2.75, 3.05) is 46.4 Å². The lowest BCUT2D eigenvalue weighted by Crippen LogP contribution is -2.51. The van der Waals surface area contributed by atoms with E-state index in [4.69, 9.17) is 4.74 Å².